The molecule has 0 aliphatic rings. The number of amides is 1. The number of hydrogen-bond acceptors (Lipinski definition) is 2. The van der Waals surface area contributed by atoms with E-state index in [9.17, 15) is 4.79 Å². The average Bonchev–Trinajstić information content (AvgIpc) is 2.32. The molecule has 94 valence electrons. The lowest BCUT2D eigenvalue weighted by Crippen LogP contribution is -2.28. The normalized spacial score (nSPS) is 10.3. The van der Waals surface area contributed by atoms with E-state index in [1.54, 1.807) is 6.07 Å². The van der Waals surface area contributed by atoms with Crippen molar-refractivity contribution < 1.29 is 9.53 Å². The molecule has 0 radical (unpaired) electrons. The molecule has 0 bridgehead atoms. The van der Waals surface area contributed by atoms with Crippen LogP contribution < -0.4 is 5.32 Å². The standard InChI is InChI=1S/C12H15BrClNO2/c1-9-10(3-2-4-11(9)13)12(16)15-6-8-17-7-5-14/h2-4H,5-8H2,1H3,(H,15,16). The minimum absolute atomic E-state index is 0.0849. The number of benzene rings is 1. The van der Waals surface area contributed by atoms with E-state index in [0.29, 0.717) is 31.2 Å². The molecule has 0 saturated heterocycles. The number of ether oxygens (including phenoxy) is 1. The highest BCUT2D eigenvalue weighted by Gasteiger charge is 2.09. The van der Waals surface area contributed by atoms with Crippen molar-refractivity contribution in [3.05, 3.63) is 33.8 Å². The van der Waals surface area contributed by atoms with E-state index in [2.05, 4.69) is 21.2 Å². The predicted molar refractivity (Wildman–Crippen MR) is 72.8 cm³/mol. The van der Waals surface area contributed by atoms with E-state index >= 15 is 0 Å². The lowest BCUT2D eigenvalue weighted by molar-refractivity contribution is 0.0923. The summed E-state index contributed by atoms with van der Waals surface area (Å²) in [7, 11) is 0. The summed E-state index contributed by atoms with van der Waals surface area (Å²) in [4.78, 5) is 11.8. The van der Waals surface area contributed by atoms with E-state index in [1.807, 2.05) is 19.1 Å². The van der Waals surface area contributed by atoms with E-state index in [-0.39, 0.29) is 5.91 Å². The number of nitrogens with one attached hydrogen (secondary N) is 1. The Hall–Kier alpha value is -0.580. The lowest BCUT2D eigenvalue weighted by atomic mass is 10.1. The van der Waals surface area contributed by atoms with Crippen molar-refractivity contribution in [2.45, 2.75) is 6.92 Å². The van der Waals surface area contributed by atoms with Crippen molar-refractivity contribution in [1.29, 1.82) is 0 Å². The van der Waals surface area contributed by atoms with E-state index < -0.39 is 0 Å². The number of carbonyl (C=O) groups excluding carboxylic acids is 1. The average molecular weight is 321 g/mol. The van der Waals surface area contributed by atoms with Gasteiger partial charge in [-0.1, -0.05) is 22.0 Å². The fourth-order valence-corrected chi connectivity index (χ4v) is 1.82. The summed E-state index contributed by atoms with van der Waals surface area (Å²) in [6.45, 7) is 3.38. The third-order valence-corrected chi connectivity index (χ3v) is 3.28. The molecule has 0 aromatic heterocycles. The van der Waals surface area contributed by atoms with Gasteiger partial charge in [0.25, 0.3) is 5.91 Å². The van der Waals surface area contributed by atoms with Crippen molar-refractivity contribution in [2.75, 3.05) is 25.6 Å². The smallest absolute Gasteiger partial charge is 0.251 e. The van der Waals surface area contributed by atoms with Gasteiger partial charge in [0, 0.05) is 22.5 Å². The Kier molecular flexibility index (Phi) is 6.55. The van der Waals surface area contributed by atoms with E-state index in [4.69, 9.17) is 16.3 Å². The minimum Gasteiger partial charge on any atom is -0.378 e. The van der Waals surface area contributed by atoms with Gasteiger partial charge in [-0.05, 0) is 24.6 Å². The zero-order chi connectivity index (χ0) is 12.7. The van der Waals surface area contributed by atoms with Crippen LogP contribution in [0, 0.1) is 6.92 Å². The molecule has 0 aliphatic carbocycles. The molecule has 1 rings (SSSR count). The summed E-state index contributed by atoms with van der Waals surface area (Å²) in [5.41, 5.74) is 1.61. The molecule has 0 fully saturated rings. The van der Waals surface area contributed by atoms with Crippen LogP contribution in [0.5, 0.6) is 0 Å². The molecule has 3 nitrogen and oxygen atoms in total. The van der Waals surface area contributed by atoms with Crippen LogP contribution in [-0.2, 0) is 4.74 Å². The Morgan fingerprint density at radius 3 is 2.94 bits per heavy atom. The largest absolute Gasteiger partial charge is 0.378 e. The minimum atomic E-state index is -0.0849. The summed E-state index contributed by atoms with van der Waals surface area (Å²) in [6.07, 6.45) is 0. The molecule has 0 saturated carbocycles. The number of hydrogen-bond donors (Lipinski definition) is 1. The van der Waals surface area contributed by atoms with Gasteiger partial charge in [-0.2, -0.15) is 0 Å². The topological polar surface area (TPSA) is 38.3 Å². The highest BCUT2D eigenvalue weighted by atomic mass is 79.9. The maximum atomic E-state index is 11.8. The Morgan fingerprint density at radius 1 is 1.47 bits per heavy atom. The maximum absolute atomic E-state index is 11.8. The highest BCUT2D eigenvalue weighted by Crippen LogP contribution is 2.19. The first-order valence-electron chi connectivity index (χ1n) is 5.34. The Labute approximate surface area is 115 Å². The molecule has 1 aromatic rings. The molecular formula is C12H15BrClNO2. The molecule has 0 unspecified atom stereocenters. The van der Waals surface area contributed by atoms with Gasteiger partial charge >= 0.3 is 0 Å². The van der Waals surface area contributed by atoms with Gasteiger partial charge in [0.1, 0.15) is 0 Å². The first kappa shape index (κ1) is 14.5. The second-order valence-electron chi connectivity index (χ2n) is 3.47. The Balaban J connectivity index is 2.44. The third-order valence-electron chi connectivity index (χ3n) is 2.27. The molecule has 5 heteroatoms. The quantitative estimate of drug-likeness (QED) is 0.646. The number of rotatable bonds is 6. The Bertz CT molecular complexity index is 385. The molecule has 0 spiro atoms. The van der Waals surface area contributed by atoms with Crippen LogP contribution in [0.4, 0.5) is 0 Å². The Morgan fingerprint density at radius 2 is 2.24 bits per heavy atom. The molecule has 0 heterocycles. The summed E-state index contributed by atoms with van der Waals surface area (Å²) in [5, 5.41) is 2.80. The zero-order valence-electron chi connectivity index (χ0n) is 9.63. The van der Waals surface area contributed by atoms with Crippen LogP contribution in [0.3, 0.4) is 0 Å². The molecular weight excluding hydrogens is 305 g/mol. The number of alkyl halides is 1. The molecule has 17 heavy (non-hydrogen) atoms. The number of halogens is 2. The van der Waals surface area contributed by atoms with Crippen LogP contribution in [0.2, 0.25) is 0 Å². The van der Waals surface area contributed by atoms with Gasteiger partial charge in [-0.3, -0.25) is 4.79 Å². The third kappa shape index (κ3) is 4.66. The van der Waals surface area contributed by atoms with Gasteiger partial charge in [-0.15, -0.1) is 11.6 Å². The monoisotopic (exact) mass is 319 g/mol. The van der Waals surface area contributed by atoms with Gasteiger partial charge in [0.2, 0.25) is 0 Å². The van der Waals surface area contributed by atoms with Gasteiger partial charge in [0.05, 0.1) is 13.2 Å². The van der Waals surface area contributed by atoms with Crippen molar-refractivity contribution >= 4 is 33.4 Å². The van der Waals surface area contributed by atoms with Crippen molar-refractivity contribution in [3.63, 3.8) is 0 Å². The molecule has 1 aromatic carbocycles. The van der Waals surface area contributed by atoms with Gasteiger partial charge in [-0.25, -0.2) is 0 Å². The summed E-state index contributed by atoms with van der Waals surface area (Å²) in [5.74, 6) is 0.386. The first-order chi connectivity index (χ1) is 8.16. The van der Waals surface area contributed by atoms with Crippen LogP contribution in [0.25, 0.3) is 0 Å². The summed E-state index contributed by atoms with van der Waals surface area (Å²) in [6, 6.07) is 5.56. The summed E-state index contributed by atoms with van der Waals surface area (Å²) >= 11 is 8.86. The van der Waals surface area contributed by atoms with Crippen LogP contribution in [0.15, 0.2) is 22.7 Å². The second kappa shape index (κ2) is 7.69. The summed E-state index contributed by atoms with van der Waals surface area (Å²) < 4.78 is 6.10. The fourth-order valence-electron chi connectivity index (χ4n) is 1.34. The maximum Gasteiger partial charge on any atom is 0.251 e. The lowest BCUT2D eigenvalue weighted by Gasteiger charge is -2.08. The first-order valence-corrected chi connectivity index (χ1v) is 6.66. The van der Waals surface area contributed by atoms with Crippen LogP contribution in [-0.4, -0.2) is 31.5 Å². The van der Waals surface area contributed by atoms with Crippen molar-refractivity contribution in [2.24, 2.45) is 0 Å². The SMILES string of the molecule is Cc1c(Br)cccc1C(=O)NCCOCCCl. The van der Waals surface area contributed by atoms with Gasteiger partial charge < -0.3 is 10.1 Å². The van der Waals surface area contributed by atoms with Crippen molar-refractivity contribution in [1.82, 2.24) is 5.32 Å². The molecule has 1 amide bonds. The van der Waals surface area contributed by atoms with Gasteiger partial charge in [0.15, 0.2) is 0 Å². The zero-order valence-corrected chi connectivity index (χ0v) is 12.0. The van der Waals surface area contributed by atoms with E-state index in [1.165, 1.54) is 0 Å². The van der Waals surface area contributed by atoms with Crippen LogP contribution >= 0.6 is 27.5 Å². The second-order valence-corrected chi connectivity index (χ2v) is 4.70. The van der Waals surface area contributed by atoms with Crippen LogP contribution in [0.1, 0.15) is 15.9 Å². The predicted octanol–water partition coefficient (Wildman–Crippen LogP) is 2.74. The fraction of sp³-hybridized carbons (Fsp3) is 0.417. The molecule has 0 aliphatic heterocycles. The highest BCUT2D eigenvalue weighted by molar-refractivity contribution is 9.10. The molecule has 1 N–H and O–H groups in total. The number of carbonyl (C=O) groups is 1. The van der Waals surface area contributed by atoms with E-state index in [0.717, 1.165) is 10.0 Å². The van der Waals surface area contributed by atoms with Crippen molar-refractivity contribution in [3.8, 4) is 0 Å². The molecule has 0 atom stereocenters.